The van der Waals surface area contributed by atoms with Crippen LogP contribution in [0.2, 0.25) is 0 Å². The number of imidazole rings is 1. The van der Waals surface area contributed by atoms with Crippen LogP contribution in [0.3, 0.4) is 0 Å². The molecule has 2 aromatic rings. The standard InChI is InChI=1S/C11H15N3O2S/c1-13(4-2-3-10(15)16)7-9-8-14-5-6-17-11(14)12-9/h5-6,8H,2-4,7H2,1H3,(H,15,16). The van der Waals surface area contributed by atoms with E-state index in [1.165, 1.54) is 0 Å². The summed E-state index contributed by atoms with van der Waals surface area (Å²) in [4.78, 5) is 18.0. The molecular weight excluding hydrogens is 238 g/mol. The van der Waals surface area contributed by atoms with E-state index in [0.717, 1.165) is 23.7 Å². The van der Waals surface area contributed by atoms with Crippen molar-refractivity contribution in [2.45, 2.75) is 19.4 Å². The highest BCUT2D eigenvalue weighted by atomic mass is 32.1. The van der Waals surface area contributed by atoms with E-state index >= 15 is 0 Å². The molecule has 2 heterocycles. The first-order chi connectivity index (χ1) is 8.15. The van der Waals surface area contributed by atoms with Gasteiger partial charge in [-0.15, -0.1) is 11.3 Å². The van der Waals surface area contributed by atoms with Gasteiger partial charge in [0.2, 0.25) is 0 Å². The van der Waals surface area contributed by atoms with Crippen molar-refractivity contribution < 1.29 is 9.90 Å². The molecule has 0 aliphatic carbocycles. The fraction of sp³-hybridized carbons (Fsp3) is 0.455. The Kier molecular flexibility index (Phi) is 3.75. The molecule has 0 aliphatic rings. The molecule has 0 unspecified atom stereocenters. The fourth-order valence-corrected chi connectivity index (χ4v) is 2.43. The van der Waals surface area contributed by atoms with Gasteiger partial charge in [-0.3, -0.25) is 9.20 Å². The maximum absolute atomic E-state index is 10.4. The van der Waals surface area contributed by atoms with Gasteiger partial charge in [0.1, 0.15) is 0 Å². The summed E-state index contributed by atoms with van der Waals surface area (Å²) in [6.45, 7) is 1.53. The summed E-state index contributed by atoms with van der Waals surface area (Å²) in [5.41, 5.74) is 1.02. The molecule has 0 amide bonds. The molecule has 0 bridgehead atoms. The molecule has 0 saturated heterocycles. The van der Waals surface area contributed by atoms with E-state index in [2.05, 4.69) is 9.88 Å². The molecule has 6 heteroatoms. The number of fused-ring (bicyclic) bond motifs is 1. The van der Waals surface area contributed by atoms with Crippen molar-refractivity contribution in [3.05, 3.63) is 23.5 Å². The van der Waals surface area contributed by atoms with Crippen LogP contribution in [-0.4, -0.2) is 39.0 Å². The Morgan fingerprint density at radius 1 is 1.65 bits per heavy atom. The zero-order valence-electron chi connectivity index (χ0n) is 9.67. The molecule has 2 rings (SSSR count). The summed E-state index contributed by atoms with van der Waals surface area (Å²) in [6, 6.07) is 0. The summed E-state index contributed by atoms with van der Waals surface area (Å²) in [5, 5.41) is 10.6. The van der Waals surface area contributed by atoms with Crippen LogP contribution in [0.25, 0.3) is 4.96 Å². The molecular formula is C11H15N3O2S. The predicted octanol–water partition coefficient (Wildman–Crippen LogP) is 1.69. The Hall–Kier alpha value is -1.40. The van der Waals surface area contributed by atoms with Crippen molar-refractivity contribution in [3.8, 4) is 0 Å². The summed E-state index contributed by atoms with van der Waals surface area (Å²) in [6.07, 6.45) is 4.90. The van der Waals surface area contributed by atoms with Gasteiger partial charge >= 0.3 is 5.97 Å². The number of carboxylic acids is 1. The number of aliphatic carboxylic acids is 1. The lowest BCUT2D eigenvalue weighted by atomic mass is 10.3. The molecule has 17 heavy (non-hydrogen) atoms. The minimum atomic E-state index is -0.735. The molecule has 1 N–H and O–H groups in total. The zero-order valence-corrected chi connectivity index (χ0v) is 10.5. The average Bonchev–Trinajstić information content (AvgIpc) is 2.76. The highest BCUT2D eigenvalue weighted by molar-refractivity contribution is 7.15. The van der Waals surface area contributed by atoms with Crippen LogP contribution >= 0.6 is 11.3 Å². The number of hydrogen-bond acceptors (Lipinski definition) is 4. The Morgan fingerprint density at radius 2 is 2.47 bits per heavy atom. The third kappa shape index (κ3) is 3.28. The molecule has 0 saturated carbocycles. The van der Waals surface area contributed by atoms with Gasteiger partial charge < -0.3 is 10.0 Å². The van der Waals surface area contributed by atoms with Gasteiger partial charge in [-0.1, -0.05) is 0 Å². The summed E-state index contributed by atoms with van der Waals surface area (Å²) in [7, 11) is 1.98. The van der Waals surface area contributed by atoms with Crippen molar-refractivity contribution in [3.63, 3.8) is 0 Å². The summed E-state index contributed by atoms with van der Waals surface area (Å²) in [5.74, 6) is -0.735. The molecule has 0 fully saturated rings. The predicted molar refractivity (Wildman–Crippen MR) is 66.3 cm³/mol. The minimum Gasteiger partial charge on any atom is -0.481 e. The van der Waals surface area contributed by atoms with E-state index in [-0.39, 0.29) is 6.42 Å². The number of thiazole rings is 1. The van der Waals surface area contributed by atoms with Crippen molar-refractivity contribution in [2.75, 3.05) is 13.6 Å². The molecule has 2 aromatic heterocycles. The Labute approximate surface area is 103 Å². The first kappa shape index (κ1) is 12.1. The second-order valence-corrected chi connectivity index (χ2v) is 4.93. The quantitative estimate of drug-likeness (QED) is 0.851. The first-order valence-corrected chi connectivity index (χ1v) is 6.34. The number of rotatable bonds is 6. The molecule has 5 nitrogen and oxygen atoms in total. The van der Waals surface area contributed by atoms with Gasteiger partial charge in [0.05, 0.1) is 5.69 Å². The highest BCUT2D eigenvalue weighted by Crippen LogP contribution is 2.12. The lowest BCUT2D eigenvalue weighted by Crippen LogP contribution is -2.20. The van der Waals surface area contributed by atoms with Gasteiger partial charge in [0, 0.05) is 30.7 Å². The van der Waals surface area contributed by atoms with E-state index < -0.39 is 5.97 Å². The third-order valence-corrected chi connectivity index (χ3v) is 3.28. The Bertz CT molecular complexity index is 477. The molecule has 0 aromatic carbocycles. The van der Waals surface area contributed by atoms with E-state index in [1.807, 2.05) is 29.2 Å². The number of hydrogen-bond donors (Lipinski definition) is 1. The van der Waals surface area contributed by atoms with Crippen molar-refractivity contribution in [1.82, 2.24) is 14.3 Å². The van der Waals surface area contributed by atoms with Crippen molar-refractivity contribution in [1.29, 1.82) is 0 Å². The fourth-order valence-electron chi connectivity index (χ4n) is 1.71. The van der Waals surface area contributed by atoms with Gasteiger partial charge in [0.25, 0.3) is 0 Å². The summed E-state index contributed by atoms with van der Waals surface area (Å²) >= 11 is 1.61. The first-order valence-electron chi connectivity index (χ1n) is 5.46. The monoisotopic (exact) mass is 253 g/mol. The van der Waals surface area contributed by atoms with E-state index in [4.69, 9.17) is 5.11 Å². The Balaban J connectivity index is 1.83. The van der Waals surface area contributed by atoms with Crippen LogP contribution in [0, 0.1) is 0 Å². The van der Waals surface area contributed by atoms with Crippen molar-refractivity contribution >= 4 is 22.3 Å². The maximum atomic E-state index is 10.4. The van der Waals surface area contributed by atoms with Gasteiger partial charge in [-0.2, -0.15) is 0 Å². The van der Waals surface area contributed by atoms with Gasteiger partial charge in [0.15, 0.2) is 4.96 Å². The summed E-state index contributed by atoms with van der Waals surface area (Å²) < 4.78 is 2.01. The molecule has 0 atom stereocenters. The average molecular weight is 253 g/mol. The van der Waals surface area contributed by atoms with Crippen LogP contribution in [0.5, 0.6) is 0 Å². The second kappa shape index (κ2) is 5.29. The number of aromatic nitrogens is 2. The highest BCUT2D eigenvalue weighted by Gasteiger charge is 2.06. The maximum Gasteiger partial charge on any atom is 0.303 e. The normalized spacial score (nSPS) is 11.4. The number of nitrogens with zero attached hydrogens (tertiary/aromatic N) is 3. The largest absolute Gasteiger partial charge is 0.481 e. The van der Waals surface area contributed by atoms with E-state index in [0.29, 0.717) is 6.42 Å². The van der Waals surface area contributed by atoms with Crippen LogP contribution in [0.15, 0.2) is 17.8 Å². The van der Waals surface area contributed by atoms with E-state index in [1.54, 1.807) is 11.3 Å². The van der Waals surface area contributed by atoms with Crippen LogP contribution in [0.4, 0.5) is 0 Å². The lowest BCUT2D eigenvalue weighted by molar-refractivity contribution is -0.137. The zero-order chi connectivity index (χ0) is 12.3. The smallest absolute Gasteiger partial charge is 0.303 e. The Morgan fingerprint density at radius 3 is 3.18 bits per heavy atom. The second-order valence-electron chi connectivity index (χ2n) is 4.06. The van der Waals surface area contributed by atoms with Crippen LogP contribution < -0.4 is 0 Å². The third-order valence-electron chi connectivity index (χ3n) is 2.51. The minimum absolute atomic E-state index is 0.225. The van der Waals surface area contributed by atoms with Crippen LogP contribution in [0.1, 0.15) is 18.5 Å². The topological polar surface area (TPSA) is 57.8 Å². The lowest BCUT2D eigenvalue weighted by Gasteiger charge is -2.13. The SMILES string of the molecule is CN(CCCC(=O)O)Cc1cn2ccsc2n1. The molecule has 0 spiro atoms. The van der Waals surface area contributed by atoms with Crippen molar-refractivity contribution in [2.24, 2.45) is 0 Å². The number of carbonyl (C=O) groups is 1. The number of carboxylic acid groups (broad SMARTS) is 1. The van der Waals surface area contributed by atoms with Gasteiger partial charge in [-0.05, 0) is 20.0 Å². The molecule has 0 aliphatic heterocycles. The van der Waals surface area contributed by atoms with Crippen LogP contribution in [-0.2, 0) is 11.3 Å². The van der Waals surface area contributed by atoms with E-state index in [9.17, 15) is 4.79 Å². The molecule has 0 radical (unpaired) electrons. The van der Waals surface area contributed by atoms with Gasteiger partial charge in [-0.25, -0.2) is 4.98 Å². The molecule has 92 valence electrons.